The first kappa shape index (κ1) is 12.4. The first-order valence-corrected chi connectivity index (χ1v) is 5.09. The molecule has 0 aliphatic carbocycles. The van der Waals surface area contributed by atoms with Crippen LogP contribution in [0.3, 0.4) is 0 Å². The molecule has 84 valence electrons. The highest BCUT2D eigenvalue weighted by Crippen LogP contribution is 2.09. The van der Waals surface area contributed by atoms with E-state index in [1.165, 1.54) is 5.56 Å². The monoisotopic (exact) mass is 238 g/mol. The summed E-state index contributed by atoms with van der Waals surface area (Å²) in [7, 11) is 0. The SMILES string of the molecule is Cc1cnc2cnccc2c1.O=COCCl. The maximum atomic E-state index is 9.10. The number of hydrogen-bond acceptors (Lipinski definition) is 4. The average Bonchev–Trinajstić information content (AvgIpc) is 2.31. The van der Waals surface area contributed by atoms with Crippen LogP contribution >= 0.6 is 11.6 Å². The molecule has 0 aliphatic rings. The third-order valence-electron chi connectivity index (χ3n) is 1.75. The van der Waals surface area contributed by atoms with Gasteiger partial charge in [0.25, 0.3) is 6.47 Å². The lowest BCUT2D eigenvalue weighted by Crippen LogP contribution is -1.81. The van der Waals surface area contributed by atoms with E-state index in [0.717, 1.165) is 10.9 Å². The van der Waals surface area contributed by atoms with Gasteiger partial charge in [0.2, 0.25) is 0 Å². The van der Waals surface area contributed by atoms with Gasteiger partial charge >= 0.3 is 0 Å². The van der Waals surface area contributed by atoms with Crippen LogP contribution < -0.4 is 0 Å². The van der Waals surface area contributed by atoms with Crippen LogP contribution in [0.2, 0.25) is 0 Å². The summed E-state index contributed by atoms with van der Waals surface area (Å²) >= 11 is 4.85. The predicted molar refractivity (Wildman–Crippen MR) is 62.1 cm³/mol. The van der Waals surface area contributed by atoms with Crippen LogP contribution in [0.1, 0.15) is 5.56 Å². The quantitative estimate of drug-likeness (QED) is 0.595. The molecule has 2 rings (SSSR count). The smallest absolute Gasteiger partial charge is 0.294 e. The lowest BCUT2D eigenvalue weighted by atomic mass is 10.2. The maximum absolute atomic E-state index is 9.10. The summed E-state index contributed by atoms with van der Waals surface area (Å²) in [6.45, 7) is 2.33. The summed E-state index contributed by atoms with van der Waals surface area (Å²) in [5.41, 5.74) is 2.14. The minimum Gasteiger partial charge on any atom is -0.452 e. The van der Waals surface area contributed by atoms with Crippen molar-refractivity contribution in [1.29, 1.82) is 0 Å². The van der Waals surface area contributed by atoms with E-state index < -0.39 is 0 Å². The molecular weight excluding hydrogens is 228 g/mol. The Labute approximate surface area is 98.2 Å². The molecule has 0 saturated heterocycles. The minimum absolute atomic E-state index is 0.0521. The van der Waals surface area contributed by atoms with E-state index >= 15 is 0 Å². The van der Waals surface area contributed by atoms with Crippen LogP contribution in [-0.2, 0) is 9.53 Å². The number of hydrogen-bond donors (Lipinski definition) is 0. The van der Waals surface area contributed by atoms with Gasteiger partial charge in [-0.2, -0.15) is 0 Å². The van der Waals surface area contributed by atoms with Crippen LogP contribution in [0.4, 0.5) is 0 Å². The van der Waals surface area contributed by atoms with Gasteiger partial charge in [0.05, 0.1) is 11.7 Å². The Kier molecular flexibility index (Phi) is 5.22. The molecule has 2 heterocycles. The van der Waals surface area contributed by atoms with Gasteiger partial charge in [-0.25, -0.2) is 0 Å². The molecule has 0 spiro atoms. The molecule has 0 radical (unpaired) electrons. The van der Waals surface area contributed by atoms with Crippen molar-refractivity contribution in [2.45, 2.75) is 6.92 Å². The molecule has 4 nitrogen and oxygen atoms in total. The molecule has 0 amide bonds. The summed E-state index contributed by atoms with van der Waals surface area (Å²) in [4.78, 5) is 17.3. The number of ether oxygens (including phenoxy) is 1. The number of aromatic nitrogens is 2. The average molecular weight is 239 g/mol. The Morgan fingerprint density at radius 1 is 1.50 bits per heavy atom. The van der Waals surface area contributed by atoms with Crippen LogP contribution in [-0.4, -0.2) is 22.5 Å². The van der Waals surface area contributed by atoms with Crippen molar-refractivity contribution in [1.82, 2.24) is 9.97 Å². The first-order valence-electron chi connectivity index (χ1n) is 4.55. The van der Waals surface area contributed by atoms with Crippen molar-refractivity contribution in [3.8, 4) is 0 Å². The van der Waals surface area contributed by atoms with Crippen molar-refractivity contribution in [2.24, 2.45) is 0 Å². The van der Waals surface area contributed by atoms with Crippen LogP contribution in [0.5, 0.6) is 0 Å². The Morgan fingerprint density at radius 3 is 2.94 bits per heavy atom. The van der Waals surface area contributed by atoms with E-state index in [4.69, 9.17) is 16.4 Å². The van der Waals surface area contributed by atoms with Crippen molar-refractivity contribution in [3.63, 3.8) is 0 Å². The molecule has 2 aromatic heterocycles. The number of halogens is 1. The Balaban J connectivity index is 0.000000221. The molecule has 0 fully saturated rings. The molecule has 0 unspecified atom stereocenters. The molecule has 2 aromatic rings. The fraction of sp³-hybridized carbons (Fsp3) is 0.182. The summed E-state index contributed by atoms with van der Waals surface area (Å²) in [6.07, 6.45) is 5.40. The van der Waals surface area contributed by atoms with E-state index in [-0.39, 0.29) is 6.07 Å². The van der Waals surface area contributed by atoms with E-state index in [0.29, 0.717) is 6.47 Å². The van der Waals surface area contributed by atoms with Gasteiger partial charge in [-0.05, 0) is 24.6 Å². The lowest BCUT2D eigenvalue weighted by molar-refractivity contribution is -0.126. The number of nitrogens with zero attached hydrogens (tertiary/aromatic N) is 2. The Bertz CT molecular complexity index is 462. The molecule has 0 atom stereocenters. The van der Waals surface area contributed by atoms with Gasteiger partial charge in [-0.15, -0.1) is 0 Å². The standard InChI is InChI=1S/C9H8N2.C2H3ClO2/c1-7-4-8-2-3-10-6-9(8)11-5-7;3-1-5-2-4/h2-6H,1H3;2H,1H2. The van der Waals surface area contributed by atoms with Crippen molar-refractivity contribution in [2.75, 3.05) is 6.07 Å². The highest BCUT2D eigenvalue weighted by atomic mass is 35.5. The number of alkyl halides is 1. The van der Waals surface area contributed by atoms with E-state index in [2.05, 4.69) is 20.8 Å². The topological polar surface area (TPSA) is 52.1 Å². The predicted octanol–water partition coefficient (Wildman–Crippen LogP) is 2.29. The van der Waals surface area contributed by atoms with Crippen molar-refractivity contribution < 1.29 is 9.53 Å². The lowest BCUT2D eigenvalue weighted by Gasteiger charge is -1.95. The summed E-state index contributed by atoms with van der Waals surface area (Å²) < 4.78 is 3.92. The number of rotatable bonds is 2. The van der Waals surface area contributed by atoms with Gasteiger partial charge in [-0.1, -0.05) is 11.6 Å². The molecule has 5 heteroatoms. The fourth-order valence-corrected chi connectivity index (χ4v) is 1.16. The van der Waals surface area contributed by atoms with Gasteiger partial charge in [0, 0.05) is 17.8 Å². The van der Waals surface area contributed by atoms with Crippen molar-refractivity contribution in [3.05, 3.63) is 36.3 Å². The number of aryl methyl sites for hydroxylation is 1. The zero-order valence-corrected chi connectivity index (χ0v) is 9.52. The summed E-state index contributed by atoms with van der Waals surface area (Å²) in [5.74, 6) is 0. The van der Waals surface area contributed by atoms with Gasteiger partial charge in [-0.3, -0.25) is 14.8 Å². The second kappa shape index (κ2) is 6.74. The third-order valence-corrected chi connectivity index (χ3v) is 1.88. The molecular formula is C11H11ClN2O2. The summed E-state index contributed by atoms with van der Waals surface area (Å²) in [5, 5.41) is 1.15. The molecule has 0 bridgehead atoms. The van der Waals surface area contributed by atoms with Gasteiger partial charge in [0.15, 0.2) is 6.07 Å². The first-order chi connectivity index (χ1) is 7.77. The Hall–Kier alpha value is -1.68. The van der Waals surface area contributed by atoms with E-state index in [1.807, 2.05) is 19.2 Å². The zero-order valence-electron chi connectivity index (χ0n) is 8.76. The normalized spacial score (nSPS) is 9.12. The maximum Gasteiger partial charge on any atom is 0.294 e. The largest absolute Gasteiger partial charge is 0.452 e. The van der Waals surface area contributed by atoms with Crippen LogP contribution in [0, 0.1) is 6.92 Å². The number of fused-ring (bicyclic) bond motifs is 1. The zero-order chi connectivity index (χ0) is 11.8. The molecule has 0 aromatic carbocycles. The minimum atomic E-state index is -0.0521. The Morgan fingerprint density at radius 2 is 2.31 bits per heavy atom. The number of carbonyl (C=O) groups is 1. The number of pyridine rings is 2. The van der Waals surface area contributed by atoms with Gasteiger partial charge in [0.1, 0.15) is 0 Å². The second-order valence-corrected chi connectivity index (χ2v) is 3.17. The second-order valence-electron chi connectivity index (χ2n) is 2.95. The fourth-order valence-electron chi connectivity index (χ4n) is 1.11. The number of carbonyl (C=O) groups excluding carboxylic acids is 1. The highest BCUT2D eigenvalue weighted by Gasteiger charge is 1.91. The van der Waals surface area contributed by atoms with Crippen molar-refractivity contribution >= 4 is 29.0 Å². The molecule has 0 aliphatic heterocycles. The highest BCUT2D eigenvalue weighted by molar-refractivity contribution is 6.17. The van der Waals surface area contributed by atoms with Gasteiger partial charge < -0.3 is 4.74 Å². The van der Waals surface area contributed by atoms with E-state index in [9.17, 15) is 0 Å². The van der Waals surface area contributed by atoms with Crippen LogP contribution in [0.15, 0.2) is 30.7 Å². The summed E-state index contributed by atoms with van der Waals surface area (Å²) in [6, 6.07) is 4.02. The molecule has 16 heavy (non-hydrogen) atoms. The van der Waals surface area contributed by atoms with Crippen LogP contribution in [0.25, 0.3) is 10.9 Å². The third kappa shape index (κ3) is 3.82. The molecule has 0 saturated carbocycles. The molecule has 0 N–H and O–H groups in total. The van der Waals surface area contributed by atoms with E-state index in [1.54, 1.807) is 12.4 Å².